The van der Waals surface area contributed by atoms with E-state index < -0.39 is 62.5 Å². The topological polar surface area (TPSA) is 172 Å². The van der Waals surface area contributed by atoms with E-state index >= 15 is 0 Å². The minimum Gasteiger partial charge on any atom is -0.744 e. The molecule has 3 rings (SSSR count). The summed E-state index contributed by atoms with van der Waals surface area (Å²) in [7, 11) is -14.0. The van der Waals surface area contributed by atoms with Crippen LogP contribution >= 0.6 is 0 Å². The summed E-state index contributed by atoms with van der Waals surface area (Å²) in [4.78, 5) is -2.42. The summed E-state index contributed by atoms with van der Waals surface area (Å²) in [5.41, 5.74) is 0. The van der Waals surface area contributed by atoms with Crippen LogP contribution in [0.3, 0.4) is 0 Å². The van der Waals surface area contributed by atoms with E-state index in [0.29, 0.717) is 0 Å². The number of benzene rings is 3. The van der Waals surface area contributed by atoms with Crippen LogP contribution in [0, 0.1) is 54.8 Å². The van der Waals surface area contributed by atoms with Crippen molar-refractivity contribution >= 4 is 30.4 Å². The molecule has 0 spiro atoms. The van der Waals surface area contributed by atoms with Gasteiger partial charge in [-0.05, 0) is 36.4 Å². The van der Waals surface area contributed by atoms with Gasteiger partial charge in [0.25, 0.3) is 0 Å². The Labute approximate surface area is 223 Å². The van der Waals surface area contributed by atoms with Gasteiger partial charge in [-0.2, -0.15) is 0 Å². The Balaban J connectivity index is 0.000000473. The molecular weight excluding hydrogens is 681 g/mol. The third-order valence-corrected chi connectivity index (χ3v) is 5.93. The van der Waals surface area contributed by atoms with Gasteiger partial charge in [0.15, 0.2) is 0 Å². The molecule has 16 heteroatoms. The van der Waals surface area contributed by atoms with Gasteiger partial charge in [-0.1, -0.05) is 36.4 Å². The van der Waals surface area contributed by atoms with Crippen LogP contribution in [0.1, 0.15) is 0 Å². The van der Waals surface area contributed by atoms with E-state index in [-0.39, 0.29) is 37.3 Å². The molecule has 9 nitrogen and oxygen atoms in total. The fourth-order valence-corrected chi connectivity index (χ4v) is 3.60. The molecule has 189 valence electrons. The van der Waals surface area contributed by atoms with Crippen LogP contribution in [0.25, 0.3) is 0 Å². The second kappa shape index (κ2) is 13.5. The normalized spacial score (nSPS) is 11.1. The van der Waals surface area contributed by atoms with E-state index in [0.717, 1.165) is 36.4 Å². The molecular formula is C18H12ErF3O9S3. The van der Waals surface area contributed by atoms with Gasteiger partial charge >= 0.3 is 37.3 Å². The van der Waals surface area contributed by atoms with Crippen molar-refractivity contribution in [1.82, 2.24) is 0 Å². The molecule has 0 fully saturated rings. The van der Waals surface area contributed by atoms with Crippen molar-refractivity contribution in [3.8, 4) is 0 Å². The van der Waals surface area contributed by atoms with E-state index in [9.17, 15) is 52.1 Å². The van der Waals surface area contributed by atoms with Crippen LogP contribution in [0.15, 0.2) is 87.5 Å². The summed E-state index contributed by atoms with van der Waals surface area (Å²) in [5.74, 6) is -3.03. The van der Waals surface area contributed by atoms with Gasteiger partial charge in [0, 0.05) is 0 Å². The second-order valence-corrected chi connectivity index (χ2v) is 9.70. The molecule has 0 aliphatic carbocycles. The maximum atomic E-state index is 12.5. The van der Waals surface area contributed by atoms with Crippen molar-refractivity contribution in [2.45, 2.75) is 14.7 Å². The molecule has 1 radical (unpaired) electrons. The maximum Gasteiger partial charge on any atom is 3.00 e. The van der Waals surface area contributed by atoms with Gasteiger partial charge in [-0.15, -0.1) is 0 Å². The van der Waals surface area contributed by atoms with Crippen molar-refractivity contribution < 1.29 is 89.4 Å². The predicted octanol–water partition coefficient (Wildman–Crippen LogP) is 2.19. The number of halogens is 3. The minimum absolute atomic E-state index is 0. The monoisotopic (exact) mass is 691 g/mol. The van der Waals surface area contributed by atoms with E-state index in [1.54, 1.807) is 0 Å². The van der Waals surface area contributed by atoms with E-state index in [1.165, 1.54) is 36.4 Å². The SMILES string of the molecule is O=S(=O)([O-])c1ccccc1F.O=S(=O)([O-])c1ccccc1F.O=S(=O)([O-])c1ccccc1F.[Er+3]. The van der Waals surface area contributed by atoms with Crippen LogP contribution in [-0.4, -0.2) is 38.9 Å². The zero-order valence-electron chi connectivity index (χ0n) is 16.2. The first kappa shape index (κ1) is 32.4. The summed E-state index contributed by atoms with van der Waals surface area (Å²) >= 11 is 0. The zero-order chi connectivity index (χ0) is 25.4. The number of hydrogen-bond donors (Lipinski definition) is 0. The summed E-state index contributed by atoms with van der Waals surface area (Å²) in [6, 6.07) is 13.3. The number of rotatable bonds is 3. The van der Waals surface area contributed by atoms with E-state index in [2.05, 4.69) is 0 Å². The molecule has 0 amide bonds. The third kappa shape index (κ3) is 10.8. The second-order valence-electron chi connectivity index (χ2n) is 5.65. The Morgan fingerprint density at radius 3 is 0.735 bits per heavy atom. The Morgan fingerprint density at radius 2 is 0.618 bits per heavy atom. The first-order chi connectivity index (χ1) is 15.0. The molecule has 0 bridgehead atoms. The molecule has 34 heavy (non-hydrogen) atoms. The van der Waals surface area contributed by atoms with Crippen LogP contribution in [-0.2, 0) is 30.4 Å². The van der Waals surface area contributed by atoms with Crippen molar-refractivity contribution in [3.63, 3.8) is 0 Å². The zero-order valence-corrected chi connectivity index (χ0v) is 20.6. The van der Waals surface area contributed by atoms with Crippen LogP contribution in [0.5, 0.6) is 0 Å². The van der Waals surface area contributed by atoms with Gasteiger partial charge < -0.3 is 13.7 Å². The Bertz CT molecular complexity index is 1250. The van der Waals surface area contributed by atoms with Crippen molar-refractivity contribution in [1.29, 1.82) is 0 Å². The first-order valence-corrected chi connectivity index (χ1v) is 12.4. The van der Waals surface area contributed by atoms with E-state index in [4.69, 9.17) is 0 Å². The smallest absolute Gasteiger partial charge is 0.744 e. The van der Waals surface area contributed by atoms with Crippen molar-refractivity contribution in [2.75, 3.05) is 0 Å². The maximum absolute atomic E-state index is 12.5. The largest absolute Gasteiger partial charge is 3.00 e. The minimum atomic E-state index is -4.66. The fourth-order valence-electron chi connectivity index (χ4n) is 1.94. The van der Waals surface area contributed by atoms with Gasteiger partial charge in [0.2, 0.25) is 0 Å². The average Bonchev–Trinajstić information content (AvgIpc) is 2.67. The summed E-state index contributed by atoms with van der Waals surface area (Å²) < 4.78 is 130. The molecule has 0 unspecified atom stereocenters. The van der Waals surface area contributed by atoms with Gasteiger partial charge in [0.05, 0.1) is 14.7 Å². The Kier molecular flexibility index (Phi) is 12.9. The molecule has 0 atom stereocenters. The molecule has 0 aliphatic rings. The quantitative estimate of drug-likeness (QED) is 0.373. The standard InChI is InChI=1S/3C6H5FO3S.Er/c3*7-5-3-1-2-4-6(5)11(8,9)10;/h3*1-4H,(H,8,9,10);/q;;;+3/p-3. The fraction of sp³-hybridized carbons (Fsp3) is 0. The molecule has 0 heterocycles. The third-order valence-electron chi connectivity index (χ3n) is 3.32. The predicted molar refractivity (Wildman–Crippen MR) is 103 cm³/mol. The first-order valence-electron chi connectivity index (χ1n) is 8.16. The Hall–Kier alpha value is -1.57. The molecule has 3 aromatic rings. The summed E-state index contributed by atoms with van der Waals surface area (Å²) in [6.45, 7) is 0. The van der Waals surface area contributed by atoms with Crippen molar-refractivity contribution in [3.05, 3.63) is 90.2 Å². The summed E-state index contributed by atoms with van der Waals surface area (Å²) in [5, 5.41) is 0. The average molecular weight is 693 g/mol. The number of hydrogen-bond acceptors (Lipinski definition) is 9. The van der Waals surface area contributed by atoms with Gasteiger partial charge in [-0.3, -0.25) is 0 Å². The molecule has 0 N–H and O–H groups in total. The molecule has 3 aromatic carbocycles. The van der Waals surface area contributed by atoms with Crippen molar-refractivity contribution in [2.24, 2.45) is 0 Å². The molecule has 0 aromatic heterocycles. The molecule has 0 saturated carbocycles. The van der Waals surface area contributed by atoms with E-state index in [1.807, 2.05) is 0 Å². The molecule has 0 saturated heterocycles. The van der Waals surface area contributed by atoms with Gasteiger partial charge in [-0.25, -0.2) is 38.4 Å². The van der Waals surface area contributed by atoms with Gasteiger partial charge in [0.1, 0.15) is 47.8 Å². The summed E-state index contributed by atoms with van der Waals surface area (Å²) in [6.07, 6.45) is 0. The van der Waals surface area contributed by atoms with Crippen LogP contribution < -0.4 is 0 Å². The van der Waals surface area contributed by atoms with Crippen LogP contribution in [0.2, 0.25) is 0 Å². The Morgan fingerprint density at radius 1 is 0.441 bits per heavy atom. The molecule has 0 aliphatic heterocycles. The van der Waals surface area contributed by atoms with Crippen LogP contribution in [0.4, 0.5) is 13.2 Å².